The Labute approximate surface area is 265 Å². The summed E-state index contributed by atoms with van der Waals surface area (Å²) in [6.07, 6.45) is 4.50. The van der Waals surface area contributed by atoms with Crippen molar-refractivity contribution >= 4 is 62.3 Å². The zero-order valence-corrected chi connectivity index (χ0v) is 25.9. The van der Waals surface area contributed by atoms with E-state index >= 15 is 0 Å². The highest BCUT2D eigenvalue weighted by Gasteiger charge is 2.51. The highest BCUT2D eigenvalue weighted by Crippen LogP contribution is 2.53. The molecule has 2 fully saturated rings. The summed E-state index contributed by atoms with van der Waals surface area (Å²) in [5.74, 6) is 0.430. The third-order valence-corrected chi connectivity index (χ3v) is 9.44. The van der Waals surface area contributed by atoms with E-state index in [1.807, 2.05) is 48.5 Å². The molecule has 3 aromatic carbocycles. The van der Waals surface area contributed by atoms with Crippen molar-refractivity contribution in [2.45, 2.75) is 43.6 Å². The molecule has 7 rings (SSSR count). The lowest BCUT2D eigenvalue weighted by molar-refractivity contribution is 0.0965. The fourth-order valence-corrected chi connectivity index (χ4v) is 6.36. The van der Waals surface area contributed by atoms with Gasteiger partial charge in [-0.25, -0.2) is 0 Å². The van der Waals surface area contributed by atoms with E-state index in [-0.39, 0.29) is 23.3 Å². The number of hydrogen-bond acceptors (Lipinski definition) is 5. The van der Waals surface area contributed by atoms with Crippen LogP contribution in [0.25, 0.3) is 22.8 Å². The summed E-state index contributed by atoms with van der Waals surface area (Å²) >= 11 is 22.5. The van der Waals surface area contributed by atoms with Crippen LogP contribution in [0, 0.1) is 0 Å². The minimum atomic E-state index is -0.372. The summed E-state index contributed by atoms with van der Waals surface area (Å²) < 4.78 is 7.23. The van der Waals surface area contributed by atoms with E-state index in [1.165, 1.54) is 0 Å². The summed E-state index contributed by atoms with van der Waals surface area (Å²) in [6, 6.07) is 20.5. The Bertz CT molecular complexity index is 1790. The van der Waals surface area contributed by atoms with E-state index in [9.17, 15) is 4.79 Å². The Balaban J connectivity index is 1.35. The number of aromatic nitrogens is 4. The number of H-pyrrole nitrogens is 1. The fourth-order valence-electron chi connectivity index (χ4n) is 5.47. The molecular weight excluding hydrogens is 661 g/mol. The highest BCUT2D eigenvalue weighted by molar-refractivity contribution is 9.10. The van der Waals surface area contributed by atoms with Gasteiger partial charge in [-0.15, -0.1) is 10.2 Å². The molecule has 212 valence electrons. The largest absolute Gasteiger partial charge is 0.418 e. The van der Waals surface area contributed by atoms with E-state index < -0.39 is 0 Å². The quantitative estimate of drug-likeness (QED) is 0.185. The number of nitrogens with zero attached hydrogens (tertiary/aromatic N) is 4. The standard InChI is InChI=1S/C31H23BrCl3N5O2/c32-19-8-4-17(5-9-19)26-25(29(41)40(22-2-1-3-22)24-13-12-21(34)16-23(24)35)27(37-36-26)28-38-39-30(42-28)31(14-15-31)18-6-10-20(33)11-7-18/h4-13,16,22H,1-3,14-15H2,(H,36,37). The summed E-state index contributed by atoms with van der Waals surface area (Å²) in [4.78, 5) is 16.4. The topological polar surface area (TPSA) is 87.9 Å². The predicted octanol–water partition coefficient (Wildman–Crippen LogP) is 9.13. The van der Waals surface area contributed by atoms with E-state index in [2.05, 4.69) is 36.3 Å². The molecule has 42 heavy (non-hydrogen) atoms. The van der Waals surface area contributed by atoms with Gasteiger partial charge in [0.15, 0.2) is 0 Å². The molecule has 0 spiro atoms. The molecule has 2 aromatic heterocycles. The first-order valence-electron chi connectivity index (χ1n) is 13.6. The van der Waals surface area contributed by atoms with E-state index in [1.54, 1.807) is 23.1 Å². The average Bonchev–Trinajstić information content (AvgIpc) is 3.39. The van der Waals surface area contributed by atoms with Crippen molar-refractivity contribution in [3.05, 3.63) is 103 Å². The molecule has 0 radical (unpaired) electrons. The van der Waals surface area contributed by atoms with Gasteiger partial charge in [-0.05, 0) is 80.1 Å². The molecular formula is C31H23BrCl3N5O2. The number of anilines is 1. The minimum Gasteiger partial charge on any atom is -0.418 e. The number of nitrogens with one attached hydrogen (secondary N) is 1. The molecule has 11 heteroatoms. The normalized spacial score (nSPS) is 15.8. The molecule has 5 aromatic rings. The zero-order chi connectivity index (χ0) is 29.0. The number of benzene rings is 3. The van der Waals surface area contributed by atoms with Gasteiger partial charge in [0, 0.05) is 26.1 Å². The van der Waals surface area contributed by atoms with Crippen molar-refractivity contribution in [1.29, 1.82) is 0 Å². The van der Waals surface area contributed by atoms with Crippen LogP contribution in [0.1, 0.15) is 53.9 Å². The second-order valence-electron chi connectivity index (χ2n) is 10.7. The molecule has 0 saturated heterocycles. The van der Waals surface area contributed by atoms with Crippen LogP contribution in [0.15, 0.2) is 75.6 Å². The van der Waals surface area contributed by atoms with Gasteiger partial charge in [-0.1, -0.05) is 75.0 Å². The number of rotatable bonds is 7. The van der Waals surface area contributed by atoms with E-state index in [4.69, 9.17) is 39.2 Å². The van der Waals surface area contributed by atoms with Crippen molar-refractivity contribution in [2.24, 2.45) is 0 Å². The molecule has 0 atom stereocenters. The summed E-state index contributed by atoms with van der Waals surface area (Å²) in [5.41, 5.74) is 3.22. The Hall–Kier alpha value is -3.17. The SMILES string of the molecule is O=C(c1c(-c2ccc(Br)cc2)n[nH]c1-c1nnc(C2(c3ccc(Cl)cc3)CC2)o1)N(c1ccc(Cl)cc1Cl)C1CCC1. The lowest BCUT2D eigenvalue weighted by atomic mass is 9.90. The Kier molecular flexibility index (Phi) is 7.13. The van der Waals surface area contributed by atoms with E-state index in [0.29, 0.717) is 43.6 Å². The van der Waals surface area contributed by atoms with Crippen molar-refractivity contribution in [3.8, 4) is 22.8 Å². The summed E-state index contributed by atoms with van der Waals surface area (Å²) in [6.45, 7) is 0. The van der Waals surface area contributed by atoms with Crippen LogP contribution >= 0.6 is 50.7 Å². The highest BCUT2D eigenvalue weighted by atomic mass is 79.9. The second kappa shape index (κ2) is 10.8. The number of aromatic amines is 1. The van der Waals surface area contributed by atoms with Gasteiger partial charge in [-0.3, -0.25) is 9.89 Å². The van der Waals surface area contributed by atoms with Gasteiger partial charge in [0.2, 0.25) is 5.89 Å². The zero-order valence-electron chi connectivity index (χ0n) is 22.1. The van der Waals surface area contributed by atoms with Crippen LogP contribution in [0.4, 0.5) is 5.69 Å². The van der Waals surface area contributed by atoms with Gasteiger partial charge < -0.3 is 9.32 Å². The Morgan fingerprint density at radius 1 is 0.952 bits per heavy atom. The number of hydrogen-bond donors (Lipinski definition) is 1. The second-order valence-corrected chi connectivity index (χ2v) is 12.9. The maximum Gasteiger partial charge on any atom is 0.266 e. The molecule has 0 unspecified atom stereocenters. The molecule has 0 bridgehead atoms. The van der Waals surface area contributed by atoms with Crippen molar-refractivity contribution in [2.75, 3.05) is 4.90 Å². The third kappa shape index (κ3) is 4.84. The third-order valence-electron chi connectivity index (χ3n) is 8.12. The first-order valence-corrected chi connectivity index (χ1v) is 15.5. The molecule has 7 nitrogen and oxygen atoms in total. The van der Waals surface area contributed by atoms with Gasteiger partial charge in [0.05, 0.1) is 21.7 Å². The van der Waals surface area contributed by atoms with Crippen LogP contribution in [0.5, 0.6) is 0 Å². The molecule has 2 heterocycles. The first kappa shape index (κ1) is 27.7. The Morgan fingerprint density at radius 3 is 2.31 bits per heavy atom. The number of halogens is 4. The van der Waals surface area contributed by atoms with Gasteiger partial charge in [-0.2, -0.15) is 5.10 Å². The number of amides is 1. The lowest BCUT2D eigenvalue weighted by Crippen LogP contribution is -2.45. The van der Waals surface area contributed by atoms with Crippen LogP contribution in [-0.2, 0) is 5.41 Å². The molecule has 0 aliphatic heterocycles. The monoisotopic (exact) mass is 681 g/mol. The molecule has 1 N–H and O–H groups in total. The smallest absolute Gasteiger partial charge is 0.266 e. The van der Waals surface area contributed by atoms with E-state index in [0.717, 1.165) is 47.7 Å². The minimum absolute atomic E-state index is 0.0189. The summed E-state index contributed by atoms with van der Waals surface area (Å²) in [5, 5.41) is 18.1. The maximum absolute atomic E-state index is 14.7. The molecule has 2 aliphatic rings. The average molecular weight is 684 g/mol. The van der Waals surface area contributed by atoms with Crippen LogP contribution in [0.2, 0.25) is 15.1 Å². The van der Waals surface area contributed by atoms with Crippen LogP contribution < -0.4 is 4.90 Å². The molecule has 2 aliphatic carbocycles. The van der Waals surface area contributed by atoms with Gasteiger partial charge in [0.1, 0.15) is 11.4 Å². The number of carbonyl (C=O) groups excluding carboxylic acids is 1. The van der Waals surface area contributed by atoms with Gasteiger partial charge >= 0.3 is 0 Å². The molecule has 1 amide bonds. The van der Waals surface area contributed by atoms with Crippen LogP contribution in [-0.4, -0.2) is 32.3 Å². The number of carbonyl (C=O) groups is 1. The fraction of sp³-hybridized carbons (Fsp3) is 0.226. The predicted molar refractivity (Wildman–Crippen MR) is 167 cm³/mol. The van der Waals surface area contributed by atoms with Crippen molar-refractivity contribution in [1.82, 2.24) is 20.4 Å². The molecule has 2 saturated carbocycles. The van der Waals surface area contributed by atoms with Crippen molar-refractivity contribution in [3.63, 3.8) is 0 Å². The first-order chi connectivity index (χ1) is 20.3. The van der Waals surface area contributed by atoms with Crippen molar-refractivity contribution < 1.29 is 9.21 Å². The van der Waals surface area contributed by atoms with Gasteiger partial charge in [0.25, 0.3) is 11.8 Å². The Morgan fingerprint density at radius 2 is 1.67 bits per heavy atom. The lowest BCUT2D eigenvalue weighted by Gasteiger charge is -2.38. The maximum atomic E-state index is 14.7. The summed E-state index contributed by atoms with van der Waals surface area (Å²) in [7, 11) is 0. The van der Waals surface area contributed by atoms with Crippen LogP contribution in [0.3, 0.4) is 0 Å².